The minimum absolute atomic E-state index is 0.186. The van der Waals surface area contributed by atoms with Gasteiger partial charge in [-0.1, -0.05) is 13.3 Å². The predicted octanol–water partition coefficient (Wildman–Crippen LogP) is 2.61. The first-order valence-corrected chi connectivity index (χ1v) is 6.73. The van der Waals surface area contributed by atoms with E-state index in [0.29, 0.717) is 24.6 Å². The molecule has 6 nitrogen and oxygen atoms in total. The van der Waals surface area contributed by atoms with Gasteiger partial charge in [-0.25, -0.2) is 9.78 Å². The summed E-state index contributed by atoms with van der Waals surface area (Å²) in [5.74, 6) is 0.105. The van der Waals surface area contributed by atoms with Crippen molar-refractivity contribution in [3.63, 3.8) is 0 Å². The van der Waals surface area contributed by atoms with E-state index in [-0.39, 0.29) is 5.76 Å². The van der Waals surface area contributed by atoms with Gasteiger partial charge in [-0.15, -0.1) is 0 Å². The summed E-state index contributed by atoms with van der Waals surface area (Å²) in [5, 5.41) is 4.36. The number of hydrogen-bond acceptors (Lipinski definition) is 5. The van der Waals surface area contributed by atoms with Gasteiger partial charge in [0.25, 0.3) is 0 Å². The Balaban J connectivity index is 2.49. The number of nitrogens with zero attached hydrogens (tertiary/aromatic N) is 3. The van der Waals surface area contributed by atoms with Crippen LogP contribution in [0.4, 0.5) is 0 Å². The molecule has 0 amide bonds. The molecule has 0 N–H and O–H groups in total. The molecule has 0 aliphatic heterocycles. The van der Waals surface area contributed by atoms with Gasteiger partial charge in [0.1, 0.15) is 5.69 Å². The SMILES string of the molecule is CCCc1nc(-c2cc(C)nn2CC)oc1C(=O)OC. The molecule has 2 aromatic heterocycles. The summed E-state index contributed by atoms with van der Waals surface area (Å²) >= 11 is 0. The molecule has 0 fully saturated rings. The van der Waals surface area contributed by atoms with Crippen molar-refractivity contribution in [1.82, 2.24) is 14.8 Å². The van der Waals surface area contributed by atoms with Crippen molar-refractivity contribution in [2.45, 2.75) is 40.2 Å². The number of aryl methyl sites for hydroxylation is 3. The van der Waals surface area contributed by atoms with Gasteiger partial charge in [-0.2, -0.15) is 5.10 Å². The molecule has 108 valence electrons. The highest BCUT2D eigenvalue weighted by Gasteiger charge is 2.22. The molecule has 0 aliphatic carbocycles. The second-order valence-electron chi connectivity index (χ2n) is 4.52. The lowest BCUT2D eigenvalue weighted by molar-refractivity contribution is 0.0564. The van der Waals surface area contributed by atoms with Gasteiger partial charge in [0.2, 0.25) is 11.7 Å². The topological polar surface area (TPSA) is 70.2 Å². The van der Waals surface area contributed by atoms with Crippen LogP contribution in [0.1, 0.15) is 42.2 Å². The molecule has 0 spiro atoms. The Morgan fingerprint density at radius 2 is 2.20 bits per heavy atom. The van der Waals surface area contributed by atoms with Crippen molar-refractivity contribution in [2.24, 2.45) is 0 Å². The molecule has 0 radical (unpaired) electrons. The second kappa shape index (κ2) is 5.90. The van der Waals surface area contributed by atoms with Gasteiger partial charge in [0, 0.05) is 6.54 Å². The molecule has 2 aromatic rings. The quantitative estimate of drug-likeness (QED) is 0.786. The second-order valence-corrected chi connectivity index (χ2v) is 4.52. The van der Waals surface area contributed by atoms with Crippen LogP contribution < -0.4 is 0 Å². The molecule has 0 bridgehead atoms. The summed E-state index contributed by atoms with van der Waals surface area (Å²) in [6.45, 7) is 6.64. The van der Waals surface area contributed by atoms with Crippen molar-refractivity contribution >= 4 is 5.97 Å². The van der Waals surface area contributed by atoms with E-state index in [1.54, 1.807) is 4.68 Å². The van der Waals surface area contributed by atoms with E-state index in [2.05, 4.69) is 10.1 Å². The molecule has 0 aliphatic rings. The summed E-state index contributed by atoms with van der Waals surface area (Å²) in [7, 11) is 1.33. The molecule has 0 aromatic carbocycles. The van der Waals surface area contributed by atoms with Gasteiger partial charge in [-0.3, -0.25) is 4.68 Å². The molecular formula is C14H19N3O3. The number of esters is 1. The van der Waals surface area contributed by atoms with Crippen LogP contribution in [0.2, 0.25) is 0 Å². The van der Waals surface area contributed by atoms with Crippen LogP contribution in [0.25, 0.3) is 11.6 Å². The Morgan fingerprint density at radius 3 is 2.80 bits per heavy atom. The minimum atomic E-state index is -0.494. The maximum absolute atomic E-state index is 11.7. The Morgan fingerprint density at radius 1 is 1.45 bits per heavy atom. The number of methoxy groups -OCH3 is 1. The molecule has 0 atom stereocenters. The maximum atomic E-state index is 11.7. The highest BCUT2D eigenvalue weighted by Crippen LogP contribution is 2.24. The first kappa shape index (κ1) is 14.3. The van der Waals surface area contributed by atoms with Crippen LogP contribution in [-0.2, 0) is 17.7 Å². The monoisotopic (exact) mass is 277 g/mol. The van der Waals surface area contributed by atoms with Crippen LogP contribution in [0, 0.1) is 6.92 Å². The summed E-state index contributed by atoms with van der Waals surface area (Å²) in [4.78, 5) is 16.2. The molecule has 20 heavy (non-hydrogen) atoms. The number of aromatic nitrogens is 3. The van der Waals surface area contributed by atoms with E-state index in [0.717, 1.165) is 17.8 Å². The average Bonchev–Trinajstić information content (AvgIpc) is 3.01. The van der Waals surface area contributed by atoms with Crippen LogP contribution in [0.15, 0.2) is 10.5 Å². The summed E-state index contributed by atoms with van der Waals surface area (Å²) in [6, 6.07) is 1.89. The maximum Gasteiger partial charge on any atom is 0.376 e. The van der Waals surface area contributed by atoms with Crippen molar-refractivity contribution in [2.75, 3.05) is 7.11 Å². The molecular weight excluding hydrogens is 258 g/mol. The normalized spacial score (nSPS) is 10.8. The Labute approximate surface area is 117 Å². The number of oxazole rings is 1. The summed E-state index contributed by atoms with van der Waals surface area (Å²) in [6.07, 6.45) is 1.55. The summed E-state index contributed by atoms with van der Waals surface area (Å²) < 4.78 is 12.2. The van der Waals surface area contributed by atoms with Crippen molar-refractivity contribution in [3.8, 4) is 11.6 Å². The molecule has 6 heteroatoms. The summed E-state index contributed by atoms with van der Waals surface area (Å²) in [5.41, 5.74) is 2.30. The van der Waals surface area contributed by atoms with Gasteiger partial charge in [0.05, 0.1) is 18.5 Å². The van der Waals surface area contributed by atoms with Gasteiger partial charge in [0.15, 0.2) is 0 Å². The smallest absolute Gasteiger partial charge is 0.376 e. The highest BCUT2D eigenvalue weighted by atomic mass is 16.5. The lowest BCUT2D eigenvalue weighted by Crippen LogP contribution is -2.03. The predicted molar refractivity (Wildman–Crippen MR) is 73.5 cm³/mol. The number of rotatable bonds is 5. The highest BCUT2D eigenvalue weighted by molar-refractivity contribution is 5.87. The largest absolute Gasteiger partial charge is 0.463 e. The van der Waals surface area contributed by atoms with Crippen molar-refractivity contribution in [3.05, 3.63) is 23.2 Å². The fourth-order valence-electron chi connectivity index (χ4n) is 2.08. The van der Waals surface area contributed by atoms with Gasteiger partial charge < -0.3 is 9.15 Å². The number of ether oxygens (including phenoxy) is 1. The zero-order valence-corrected chi connectivity index (χ0v) is 12.3. The van der Waals surface area contributed by atoms with E-state index in [9.17, 15) is 4.79 Å². The van der Waals surface area contributed by atoms with Crippen LogP contribution in [0.3, 0.4) is 0 Å². The molecule has 0 unspecified atom stereocenters. The van der Waals surface area contributed by atoms with Crippen molar-refractivity contribution in [1.29, 1.82) is 0 Å². The van der Waals surface area contributed by atoms with Gasteiger partial charge >= 0.3 is 5.97 Å². The molecule has 0 saturated heterocycles. The first-order chi connectivity index (χ1) is 9.60. The number of carbonyl (C=O) groups is 1. The number of carbonyl (C=O) groups excluding carboxylic acids is 1. The Kier molecular flexibility index (Phi) is 4.22. The van der Waals surface area contributed by atoms with Crippen molar-refractivity contribution < 1.29 is 13.9 Å². The van der Waals surface area contributed by atoms with Crippen LogP contribution in [0.5, 0.6) is 0 Å². The third-order valence-electron chi connectivity index (χ3n) is 2.98. The third-order valence-corrected chi connectivity index (χ3v) is 2.98. The molecule has 2 heterocycles. The molecule has 2 rings (SSSR count). The van der Waals surface area contributed by atoms with Crippen LogP contribution in [-0.4, -0.2) is 27.8 Å². The van der Waals surface area contributed by atoms with E-state index in [1.807, 2.05) is 26.8 Å². The zero-order chi connectivity index (χ0) is 14.7. The fraction of sp³-hybridized carbons (Fsp3) is 0.500. The lowest BCUT2D eigenvalue weighted by Gasteiger charge is -1.99. The first-order valence-electron chi connectivity index (χ1n) is 6.73. The number of hydrogen-bond donors (Lipinski definition) is 0. The third kappa shape index (κ3) is 2.59. The average molecular weight is 277 g/mol. The zero-order valence-electron chi connectivity index (χ0n) is 12.3. The van der Waals surface area contributed by atoms with E-state index in [4.69, 9.17) is 9.15 Å². The van der Waals surface area contributed by atoms with E-state index >= 15 is 0 Å². The van der Waals surface area contributed by atoms with Crippen LogP contribution >= 0.6 is 0 Å². The molecule has 0 saturated carbocycles. The van der Waals surface area contributed by atoms with E-state index < -0.39 is 5.97 Å². The van der Waals surface area contributed by atoms with E-state index in [1.165, 1.54) is 7.11 Å². The minimum Gasteiger partial charge on any atom is -0.463 e. The fourth-order valence-corrected chi connectivity index (χ4v) is 2.08. The lowest BCUT2D eigenvalue weighted by atomic mass is 10.2. The Bertz CT molecular complexity index is 613. The standard InChI is InChI=1S/C14H19N3O3/c1-5-7-10-12(14(18)19-4)20-13(15-10)11-8-9(3)16-17(11)6-2/h8H,5-7H2,1-4H3. The Hall–Kier alpha value is -2.11. The van der Waals surface area contributed by atoms with Gasteiger partial charge in [-0.05, 0) is 26.3 Å².